The van der Waals surface area contributed by atoms with E-state index in [0.29, 0.717) is 5.56 Å². The average Bonchev–Trinajstić information content (AvgIpc) is 2.47. The van der Waals surface area contributed by atoms with Crippen LogP contribution in [0.25, 0.3) is 10.8 Å². The molecule has 114 valence electrons. The fraction of sp³-hybridized carbons (Fsp3) is 0.294. The maximum Gasteiger partial charge on any atom is 0.337 e. The van der Waals surface area contributed by atoms with E-state index in [0.717, 1.165) is 10.8 Å². The molecular formula is C17H22O4. The Balaban J connectivity index is 0.000000578. The molecule has 0 bridgehead atoms. The molecule has 0 radical (unpaired) electrons. The third-order valence-corrected chi connectivity index (χ3v) is 2.42. The SMILES string of the molecule is CCC.COC(=O)c1ccc2cc(C)ccc2c1.O=CO. The van der Waals surface area contributed by atoms with Gasteiger partial charge in [0, 0.05) is 0 Å². The first kappa shape index (κ1) is 18.6. The van der Waals surface area contributed by atoms with E-state index >= 15 is 0 Å². The highest BCUT2D eigenvalue weighted by atomic mass is 16.5. The van der Waals surface area contributed by atoms with Gasteiger partial charge in [-0.15, -0.1) is 0 Å². The molecule has 4 heteroatoms. The first-order valence-electron chi connectivity index (χ1n) is 6.70. The molecule has 0 atom stereocenters. The summed E-state index contributed by atoms with van der Waals surface area (Å²) in [5, 5.41) is 9.09. The molecule has 0 unspecified atom stereocenters. The van der Waals surface area contributed by atoms with Gasteiger partial charge in [-0.3, -0.25) is 4.79 Å². The van der Waals surface area contributed by atoms with E-state index < -0.39 is 0 Å². The fourth-order valence-corrected chi connectivity index (χ4v) is 1.61. The molecule has 2 aromatic rings. The van der Waals surface area contributed by atoms with Gasteiger partial charge in [0.1, 0.15) is 0 Å². The average molecular weight is 290 g/mol. The lowest BCUT2D eigenvalue weighted by Crippen LogP contribution is -2.00. The van der Waals surface area contributed by atoms with Gasteiger partial charge >= 0.3 is 5.97 Å². The van der Waals surface area contributed by atoms with Gasteiger partial charge in [-0.25, -0.2) is 4.79 Å². The van der Waals surface area contributed by atoms with Gasteiger partial charge in [-0.2, -0.15) is 0 Å². The zero-order valence-electron chi connectivity index (χ0n) is 12.9. The molecule has 2 aromatic carbocycles. The maximum atomic E-state index is 11.3. The first-order valence-corrected chi connectivity index (χ1v) is 6.70. The second-order valence-electron chi connectivity index (χ2n) is 4.37. The summed E-state index contributed by atoms with van der Waals surface area (Å²) in [6.45, 7) is 6.05. The zero-order chi connectivity index (χ0) is 16.3. The molecule has 0 heterocycles. The Morgan fingerprint density at radius 3 is 2.14 bits per heavy atom. The minimum atomic E-state index is -0.294. The lowest BCUT2D eigenvalue weighted by molar-refractivity contribution is -0.122. The molecule has 0 aliphatic rings. The highest BCUT2D eigenvalue weighted by Gasteiger charge is 2.05. The highest BCUT2D eigenvalue weighted by Crippen LogP contribution is 2.18. The van der Waals surface area contributed by atoms with Crippen molar-refractivity contribution in [3.05, 3.63) is 47.5 Å². The fourth-order valence-electron chi connectivity index (χ4n) is 1.61. The van der Waals surface area contributed by atoms with Crippen LogP contribution in [0.1, 0.15) is 36.2 Å². The van der Waals surface area contributed by atoms with Crippen LogP contribution in [-0.2, 0) is 9.53 Å². The van der Waals surface area contributed by atoms with Crippen LogP contribution >= 0.6 is 0 Å². The Bertz CT molecular complexity index is 576. The van der Waals surface area contributed by atoms with Crippen LogP contribution < -0.4 is 0 Å². The van der Waals surface area contributed by atoms with Crippen molar-refractivity contribution in [3.63, 3.8) is 0 Å². The number of aryl methyl sites for hydroxylation is 1. The highest BCUT2D eigenvalue weighted by molar-refractivity contribution is 5.95. The van der Waals surface area contributed by atoms with Crippen molar-refractivity contribution in [2.24, 2.45) is 0 Å². The Kier molecular flexibility index (Phi) is 9.26. The van der Waals surface area contributed by atoms with Gasteiger partial charge in [0.2, 0.25) is 0 Å². The van der Waals surface area contributed by atoms with Gasteiger partial charge in [0.15, 0.2) is 0 Å². The topological polar surface area (TPSA) is 63.6 Å². The molecule has 0 aliphatic carbocycles. The standard InChI is InChI=1S/C13H12O2.C3H8.CH2O2/c1-9-3-4-11-8-12(13(14)15-2)6-5-10(11)7-9;1-3-2;2-1-3/h3-8H,1-2H3;3H2,1-2H3;1H,(H,2,3). The van der Waals surface area contributed by atoms with E-state index in [2.05, 4.69) is 24.7 Å². The van der Waals surface area contributed by atoms with E-state index in [1.165, 1.54) is 19.1 Å². The number of carbonyl (C=O) groups excluding carboxylic acids is 1. The normalized spacial score (nSPS) is 8.76. The molecule has 0 fully saturated rings. The smallest absolute Gasteiger partial charge is 0.337 e. The van der Waals surface area contributed by atoms with Crippen LogP contribution in [0.4, 0.5) is 0 Å². The second-order valence-corrected chi connectivity index (χ2v) is 4.37. The van der Waals surface area contributed by atoms with Crippen LogP contribution in [0.15, 0.2) is 36.4 Å². The largest absolute Gasteiger partial charge is 0.483 e. The number of carbonyl (C=O) groups is 2. The predicted octanol–water partition coefficient (Wildman–Crippen LogP) is 4.05. The molecule has 1 N–H and O–H groups in total. The molecule has 0 aromatic heterocycles. The molecule has 0 amide bonds. The van der Waals surface area contributed by atoms with Crippen molar-refractivity contribution >= 4 is 23.2 Å². The van der Waals surface area contributed by atoms with Gasteiger partial charge in [0.05, 0.1) is 12.7 Å². The van der Waals surface area contributed by atoms with Crippen molar-refractivity contribution in [2.45, 2.75) is 27.2 Å². The minimum absolute atomic E-state index is 0.250. The van der Waals surface area contributed by atoms with Crippen LogP contribution in [0.5, 0.6) is 0 Å². The van der Waals surface area contributed by atoms with Gasteiger partial charge in [-0.1, -0.05) is 50.1 Å². The van der Waals surface area contributed by atoms with E-state index in [9.17, 15) is 4.79 Å². The van der Waals surface area contributed by atoms with Crippen molar-refractivity contribution < 1.29 is 19.4 Å². The summed E-state index contributed by atoms with van der Waals surface area (Å²) in [7, 11) is 1.39. The van der Waals surface area contributed by atoms with Crippen LogP contribution in [0.2, 0.25) is 0 Å². The molecule has 2 rings (SSSR count). The maximum absolute atomic E-state index is 11.3. The lowest BCUT2D eigenvalue weighted by atomic mass is 10.0. The number of hydrogen-bond donors (Lipinski definition) is 1. The summed E-state index contributed by atoms with van der Waals surface area (Å²) < 4.78 is 4.67. The second kappa shape index (κ2) is 10.4. The number of methoxy groups -OCH3 is 1. The van der Waals surface area contributed by atoms with E-state index in [-0.39, 0.29) is 12.4 Å². The quantitative estimate of drug-likeness (QED) is 0.635. The van der Waals surface area contributed by atoms with Gasteiger partial charge in [-0.05, 0) is 29.8 Å². The van der Waals surface area contributed by atoms with Gasteiger partial charge in [0.25, 0.3) is 6.47 Å². The summed E-state index contributed by atoms with van der Waals surface area (Å²) in [4.78, 5) is 19.7. The van der Waals surface area contributed by atoms with Crippen LogP contribution in [0, 0.1) is 6.92 Å². The number of carboxylic acid groups (broad SMARTS) is 1. The number of benzene rings is 2. The van der Waals surface area contributed by atoms with Gasteiger partial charge < -0.3 is 9.84 Å². The van der Waals surface area contributed by atoms with Crippen molar-refractivity contribution in [1.29, 1.82) is 0 Å². The molecule has 21 heavy (non-hydrogen) atoms. The Morgan fingerprint density at radius 2 is 1.62 bits per heavy atom. The van der Waals surface area contributed by atoms with Crippen molar-refractivity contribution in [3.8, 4) is 0 Å². The third-order valence-electron chi connectivity index (χ3n) is 2.42. The Hall–Kier alpha value is -2.36. The van der Waals surface area contributed by atoms with Crippen LogP contribution in [0.3, 0.4) is 0 Å². The number of ether oxygens (including phenoxy) is 1. The Labute approximate surface area is 125 Å². The van der Waals surface area contributed by atoms with E-state index in [4.69, 9.17) is 9.90 Å². The number of hydrogen-bond acceptors (Lipinski definition) is 3. The van der Waals surface area contributed by atoms with E-state index in [1.54, 1.807) is 6.07 Å². The van der Waals surface area contributed by atoms with Crippen molar-refractivity contribution in [2.75, 3.05) is 7.11 Å². The number of fused-ring (bicyclic) bond motifs is 1. The summed E-state index contributed by atoms with van der Waals surface area (Å²) in [6.07, 6.45) is 1.25. The first-order chi connectivity index (χ1) is 10.0. The third kappa shape index (κ3) is 6.56. The molecule has 0 saturated heterocycles. The predicted molar refractivity (Wildman–Crippen MR) is 84.7 cm³/mol. The summed E-state index contributed by atoms with van der Waals surface area (Å²) in [5.74, 6) is -0.294. The molecular weight excluding hydrogens is 268 g/mol. The molecule has 0 saturated carbocycles. The van der Waals surface area contributed by atoms with Crippen molar-refractivity contribution in [1.82, 2.24) is 0 Å². The van der Waals surface area contributed by atoms with Crippen LogP contribution in [-0.4, -0.2) is 24.7 Å². The summed E-state index contributed by atoms with van der Waals surface area (Å²) >= 11 is 0. The minimum Gasteiger partial charge on any atom is -0.483 e. The lowest BCUT2D eigenvalue weighted by Gasteiger charge is -2.02. The number of esters is 1. The molecule has 0 spiro atoms. The zero-order valence-corrected chi connectivity index (χ0v) is 12.9. The van der Waals surface area contributed by atoms with E-state index in [1.807, 2.05) is 31.2 Å². The summed E-state index contributed by atoms with van der Waals surface area (Å²) in [6, 6.07) is 11.7. The summed E-state index contributed by atoms with van der Waals surface area (Å²) in [5.41, 5.74) is 1.81. The number of rotatable bonds is 1. The monoisotopic (exact) mass is 290 g/mol. The Morgan fingerprint density at radius 1 is 1.14 bits per heavy atom. The molecule has 0 aliphatic heterocycles. The molecule has 4 nitrogen and oxygen atoms in total.